The molecule has 1 aliphatic carbocycles. The van der Waals surface area contributed by atoms with E-state index in [-0.39, 0.29) is 47.2 Å². The number of nitrogens with two attached hydrogens (primary N) is 1. The van der Waals surface area contributed by atoms with Crippen LogP contribution in [0.2, 0.25) is 0 Å². The highest BCUT2D eigenvalue weighted by atomic mass is 79.9. The van der Waals surface area contributed by atoms with Crippen molar-refractivity contribution in [3.8, 4) is 11.1 Å². The van der Waals surface area contributed by atoms with E-state index in [4.69, 9.17) is 5.73 Å². The highest BCUT2D eigenvalue weighted by Gasteiger charge is 2.64. The van der Waals surface area contributed by atoms with Crippen LogP contribution in [-0.2, 0) is 16.1 Å². The number of hydrogen-bond donors (Lipinski definition) is 2. The van der Waals surface area contributed by atoms with Crippen molar-refractivity contribution in [2.75, 3.05) is 11.1 Å². The molecular formula is C27H25BrN8O3. The van der Waals surface area contributed by atoms with Crippen LogP contribution in [-0.4, -0.2) is 59.3 Å². The zero-order valence-corrected chi connectivity index (χ0v) is 22.8. The summed E-state index contributed by atoms with van der Waals surface area (Å²) in [5, 5.41) is 7.97. The van der Waals surface area contributed by atoms with Crippen LogP contribution in [0.4, 0.5) is 11.8 Å². The van der Waals surface area contributed by atoms with Gasteiger partial charge in [0.2, 0.25) is 17.8 Å². The van der Waals surface area contributed by atoms with Gasteiger partial charge >= 0.3 is 0 Å². The normalized spacial score (nSPS) is 21.6. The van der Waals surface area contributed by atoms with E-state index in [1.54, 1.807) is 40.2 Å². The van der Waals surface area contributed by atoms with Gasteiger partial charge in [-0.1, -0.05) is 19.1 Å². The molecule has 3 N–H and O–H groups in total. The maximum absolute atomic E-state index is 13.7. The van der Waals surface area contributed by atoms with Crippen LogP contribution in [0.15, 0.2) is 53.4 Å². The molecule has 1 aliphatic heterocycles. The summed E-state index contributed by atoms with van der Waals surface area (Å²) in [6, 6.07) is 10.1. The minimum absolute atomic E-state index is 0.0116. The topological polar surface area (TPSA) is 149 Å². The molecule has 1 aromatic carbocycles. The third-order valence-corrected chi connectivity index (χ3v) is 8.01. The fraction of sp³-hybridized carbons (Fsp3) is 0.296. The number of carbonyl (C=O) groups is 3. The smallest absolute Gasteiger partial charge is 0.248 e. The number of Topliss-reactive ketones (excluding diaryl/α,β-unsaturated/α-hetero) is 1. The molecule has 0 bridgehead atoms. The molecule has 3 atom stereocenters. The Bertz CT molecular complexity index is 1650. The molecule has 4 aromatic rings. The Hall–Kier alpha value is -4.19. The minimum atomic E-state index is -0.617. The number of nitrogens with one attached hydrogen (secondary N) is 1. The molecule has 2 fully saturated rings. The van der Waals surface area contributed by atoms with Crippen molar-refractivity contribution in [1.29, 1.82) is 0 Å². The van der Waals surface area contributed by atoms with Crippen molar-refractivity contribution in [3.63, 3.8) is 0 Å². The predicted octanol–water partition coefficient (Wildman–Crippen LogP) is 3.45. The molecule has 198 valence electrons. The minimum Gasteiger partial charge on any atom is -0.368 e. The Morgan fingerprint density at radius 1 is 1.13 bits per heavy atom. The number of amides is 2. The van der Waals surface area contributed by atoms with Crippen molar-refractivity contribution in [2.24, 2.45) is 5.41 Å². The largest absolute Gasteiger partial charge is 0.368 e. The van der Waals surface area contributed by atoms with Crippen LogP contribution >= 0.6 is 15.9 Å². The van der Waals surface area contributed by atoms with Gasteiger partial charge in [-0.05, 0) is 64.0 Å². The van der Waals surface area contributed by atoms with Crippen molar-refractivity contribution in [2.45, 2.75) is 45.3 Å². The number of piperidine rings is 1. The van der Waals surface area contributed by atoms with Crippen molar-refractivity contribution >= 4 is 56.2 Å². The zero-order valence-electron chi connectivity index (χ0n) is 21.3. The summed E-state index contributed by atoms with van der Waals surface area (Å²) in [5.41, 5.74) is 7.96. The first-order chi connectivity index (χ1) is 18.6. The number of ketones is 1. The summed E-state index contributed by atoms with van der Waals surface area (Å²) in [6.07, 6.45) is 4.65. The number of aromatic nitrogens is 5. The number of nitrogen functional groups attached to an aromatic ring is 1. The Morgan fingerprint density at radius 3 is 2.62 bits per heavy atom. The summed E-state index contributed by atoms with van der Waals surface area (Å²) < 4.78 is 2.15. The van der Waals surface area contributed by atoms with E-state index in [2.05, 4.69) is 48.2 Å². The number of carbonyl (C=O) groups excluding carboxylic acids is 3. The van der Waals surface area contributed by atoms with Crippen LogP contribution in [0, 0.1) is 5.41 Å². The second kappa shape index (κ2) is 9.23. The fourth-order valence-corrected chi connectivity index (χ4v) is 5.83. The lowest BCUT2D eigenvalue weighted by atomic mass is 10.0. The molecular weight excluding hydrogens is 564 g/mol. The van der Waals surface area contributed by atoms with Gasteiger partial charge in [0, 0.05) is 36.3 Å². The first-order valence-electron chi connectivity index (χ1n) is 12.5. The highest BCUT2D eigenvalue weighted by Crippen LogP contribution is 2.59. The van der Waals surface area contributed by atoms with Crippen LogP contribution in [0.5, 0.6) is 0 Å². The zero-order chi connectivity index (χ0) is 27.5. The summed E-state index contributed by atoms with van der Waals surface area (Å²) in [7, 11) is 0. The third kappa shape index (κ3) is 4.54. The van der Waals surface area contributed by atoms with Gasteiger partial charge in [-0.25, -0.2) is 15.0 Å². The van der Waals surface area contributed by atoms with E-state index >= 15 is 0 Å². The van der Waals surface area contributed by atoms with Gasteiger partial charge in [0.1, 0.15) is 28.7 Å². The molecule has 2 aliphatic rings. The van der Waals surface area contributed by atoms with Crippen molar-refractivity contribution in [3.05, 3.63) is 59.1 Å². The molecule has 0 spiro atoms. The van der Waals surface area contributed by atoms with Gasteiger partial charge < -0.3 is 16.0 Å². The summed E-state index contributed by atoms with van der Waals surface area (Å²) in [5.74, 6) is -0.124. The molecule has 4 heterocycles. The number of benzene rings is 1. The van der Waals surface area contributed by atoms with Crippen LogP contribution in [0.25, 0.3) is 22.0 Å². The quantitative estimate of drug-likeness (QED) is 0.257. The van der Waals surface area contributed by atoms with E-state index in [9.17, 15) is 14.4 Å². The molecule has 11 nitrogen and oxygen atoms in total. The van der Waals surface area contributed by atoms with Crippen molar-refractivity contribution < 1.29 is 14.4 Å². The number of nitrogens with zero attached hydrogens (tertiary/aromatic N) is 6. The summed E-state index contributed by atoms with van der Waals surface area (Å²) in [6.45, 7) is 3.45. The molecule has 0 radical (unpaired) electrons. The molecule has 1 saturated carbocycles. The van der Waals surface area contributed by atoms with E-state index < -0.39 is 6.04 Å². The van der Waals surface area contributed by atoms with Gasteiger partial charge in [-0.3, -0.25) is 19.1 Å². The Kier molecular flexibility index (Phi) is 5.94. The lowest BCUT2D eigenvalue weighted by molar-refractivity contribution is -0.138. The fourth-order valence-electron chi connectivity index (χ4n) is 5.48. The number of rotatable bonds is 6. The maximum Gasteiger partial charge on any atom is 0.248 e. The Balaban J connectivity index is 1.29. The van der Waals surface area contributed by atoms with Gasteiger partial charge in [0.25, 0.3) is 0 Å². The van der Waals surface area contributed by atoms with Crippen LogP contribution < -0.4 is 11.1 Å². The average molecular weight is 589 g/mol. The first-order valence-corrected chi connectivity index (χ1v) is 13.3. The highest BCUT2D eigenvalue weighted by molar-refractivity contribution is 9.10. The van der Waals surface area contributed by atoms with Crippen LogP contribution in [0.1, 0.15) is 37.2 Å². The molecule has 3 aromatic heterocycles. The number of likely N-dealkylation sites (tertiary alicyclic amines) is 1. The number of anilines is 2. The second-order valence-corrected chi connectivity index (χ2v) is 11.2. The standard InChI is InChI=1S/C27H25BrN8O3/c1-14(37)24-17-8-15(16-11-30-26(29)31-12-16)6-7-18(17)35(34-24)13-23(38)36-19(9-27(2)10-20(27)36)25(39)33-22-5-3-4-21(28)32-22/h3-8,11-12,19-20H,9-10,13H2,1-2H3,(H2,29,30,31)(H,32,33,39)/t19-,20+,27?/m0/s1. The summed E-state index contributed by atoms with van der Waals surface area (Å²) in [4.78, 5) is 53.5. The number of fused-ring (bicyclic) bond motifs is 2. The van der Waals surface area contributed by atoms with E-state index in [1.165, 1.54) is 6.92 Å². The predicted molar refractivity (Wildman–Crippen MR) is 148 cm³/mol. The molecule has 1 unspecified atom stereocenters. The molecule has 6 rings (SSSR count). The number of hydrogen-bond acceptors (Lipinski definition) is 8. The van der Waals surface area contributed by atoms with E-state index in [1.807, 2.05) is 18.2 Å². The lowest BCUT2D eigenvalue weighted by Gasteiger charge is -2.26. The monoisotopic (exact) mass is 588 g/mol. The maximum atomic E-state index is 13.7. The number of halogens is 1. The van der Waals surface area contributed by atoms with Crippen LogP contribution in [0.3, 0.4) is 0 Å². The SMILES string of the molecule is CC(=O)c1nn(CC(=O)N2[C@H](C(=O)Nc3cccc(Br)n3)CC3(C)C[C@@H]23)c2ccc(-c3cnc(N)nc3)cc12. The van der Waals surface area contributed by atoms with Gasteiger partial charge in [0.05, 0.1) is 5.52 Å². The Morgan fingerprint density at radius 2 is 1.90 bits per heavy atom. The van der Waals surface area contributed by atoms with E-state index in [0.29, 0.717) is 27.7 Å². The Labute approximate surface area is 231 Å². The molecule has 12 heteroatoms. The second-order valence-electron chi connectivity index (χ2n) is 10.4. The molecule has 39 heavy (non-hydrogen) atoms. The van der Waals surface area contributed by atoms with Gasteiger partial charge in [0.15, 0.2) is 5.78 Å². The third-order valence-electron chi connectivity index (χ3n) is 7.57. The first kappa shape index (κ1) is 25.1. The van der Waals surface area contributed by atoms with E-state index in [0.717, 1.165) is 17.5 Å². The van der Waals surface area contributed by atoms with Gasteiger partial charge in [-0.2, -0.15) is 5.10 Å². The average Bonchev–Trinajstić information content (AvgIpc) is 3.26. The lowest BCUT2D eigenvalue weighted by Crippen LogP contribution is -2.46. The number of pyridine rings is 1. The molecule has 2 amide bonds. The summed E-state index contributed by atoms with van der Waals surface area (Å²) >= 11 is 3.31. The molecule has 1 saturated heterocycles. The van der Waals surface area contributed by atoms with Crippen molar-refractivity contribution in [1.82, 2.24) is 29.6 Å². The van der Waals surface area contributed by atoms with Gasteiger partial charge in [-0.15, -0.1) is 0 Å².